The maximum Gasteiger partial charge on any atom is 0.270 e. The van der Waals surface area contributed by atoms with E-state index in [0.717, 1.165) is 11.0 Å². The van der Waals surface area contributed by atoms with E-state index in [0.29, 0.717) is 10.8 Å². The second-order valence-corrected chi connectivity index (χ2v) is 5.04. The number of nitro benzene ring substituents is 1. The normalized spacial score (nSPS) is 13.5. The number of rotatable bonds is 4. The van der Waals surface area contributed by atoms with Crippen LogP contribution in [0.3, 0.4) is 0 Å². The smallest absolute Gasteiger partial charge is 0.270 e. The summed E-state index contributed by atoms with van der Waals surface area (Å²) in [6.07, 6.45) is -0.502. The Hall–Kier alpha value is -3.29. The highest BCUT2D eigenvalue weighted by Gasteiger charge is 2.33. The summed E-state index contributed by atoms with van der Waals surface area (Å²) in [6.45, 7) is -0.349. The molecule has 23 heavy (non-hydrogen) atoms. The lowest BCUT2D eigenvalue weighted by molar-refractivity contribution is -0.384. The Morgan fingerprint density at radius 1 is 1.13 bits per heavy atom. The van der Waals surface area contributed by atoms with E-state index < -0.39 is 29.1 Å². The van der Waals surface area contributed by atoms with Gasteiger partial charge in [-0.3, -0.25) is 24.6 Å². The van der Waals surface area contributed by atoms with Gasteiger partial charge in [0, 0.05) is 42.0 Å². The van der Waals surface area contributed by atoms with Crippen molar-refractivity contribution in [2.75, 3.05) is 6.54 Å². The van der Waals surface area contributed by atoms with Crippen LogP contribution in [0.15, 0.2) is 30.3 Å². The molecule has 8 heteroatoms. The molecular weight excluding hydrogens is 304 g/mol. The minimum atomic E-state index is -1.39. The third-order valence-corrected chi connectivity index (χ3v) is 3.66. The van der Waals surface area contributed by atoms with Crippen molar-refractivity contribution in [1.82, 2.24) is 4.90 Å². The number of aliphatic carboxylic acids is 1. The molecule has 0 N–H and O–H groups in total. The largest absolute Gasteiger partial charge is 0.550 e. The van der Waals surface area contributed by atoms with E-state index in [1.54, 1.807) is 12.1 Å². The number of carboxylic acids is 1. The Morgan fingerprint density at radius 3 is 2.48 bits per heavy atom. The molecule has 2 aromatic carbocycles. The predicted molar refractivity (Wildman–Crippen MR) is 75.6 cm³/mol. The number of hydrogen-bond donors (Lipinski definition) is 0. The van der Waals surface area contributed by atoms with Crippen LogP contribution in [0.1, 0.15) is 27.1 Å². The highest BCUT2D eigenvalue weighted by molar-refractivity contribution is 6.25. The van der Waals surface area contributed by atoms with E-state index in [9.17, 15) is 29.6 Å². The van der Waals surface area contributed by atoms with Gasteiger partial charge >= 0.3 is 0 Å². The Kier molecular flexibility index (Phi) is 3.29. The molecule has 116 valence electrons. The summed E-state index contributed by atoms with van der Waals surface area (Å²) in [4.78, 5) is 46.6. The number of amides is 2. The number of imide groups is 1. The third-order valence-electron chi connectivity index (χ3n) is 3.66. The summed E-state index contributed by atoms with van der Waals surface area (Å²) < 4.78 is 0. The molecule has 0 aliphatic carbocycles. The average molecular weight is 313 g/mol. The number of carbonyl (C=O) groups is 3. The number of benzene rings is 2. The number of nitrogens with zero attached hydrogens (tertiary/aromatic N) is 2. The zero-order chi connectivity index (χ0) is 16.7. The Bertz CT molecular complexity index is 889. The fourth-order valence-corrected chi connectivity index (χ4v) is 2.65. The highest BCUT2D eigenvalue weighted by atomic mass is 16.6. The first-order valence-electron chi connectivity index (χ1n) is 6.67. The number of hydrogen-bond acceptors (Lipinski definition) is 6. The number of non-ortho nitro benzene ring substituents is 1. The minimum Gasteiger partial charge on any atom is -0.550 e. The first-order valence-corrected chi connectivity index (χ1v) is 6.67. The predicted octanol–water partition coefficient (Wildman–Crippen LogP) is 0.484. The molecule has 0 radical (unpaired) electrons. The lowest BCUT2D eigenvalue weighted by Crippen LogP contribution is -2.42. The zero-order valence-electron chi connectivity index (χ0n) is 11.6. The van der Waals surface area contributed by atoms with Crippen molar-refractivity contribution in [2.45, 2.75) is 6.42 Å². The van der Waals surface area contributed by atoms with Crippen LogP contribution >= 0.6 is 0 Å². The van der Waals surface area contributed by atoms with E-state index in [-0.39, 0.29) is 23.4 Å². The van der Waals surface area contributed by atoms with Gasteiger partial charge in [-0.05, 0) is 11.5 Å². The van der Waals surface area contributed by atoms with Crippen LogP contribution in [0.2, 0.25) is 0 Å². The van der Waals surface area contributed by atoms with E-state index >= 15 is 0 Å². The quantitative estimate of drug-likeness (QED) is 0.460. The highest BCUT2D eigenvalue weighted by Crippen LogP contribution is 2.33. The van der Waals surface area contributed by atoms with Crippen molar-refractivity contribution < 1.29 is 24.4 Å². The SMILES string of the molecule is O=C([O-])CCN1C(=O)c2cccc3cc([N+](=O)[O-])cc(c23)C1=O. The van der Waals surface area contributed by atoms with Crippen molar-refractivity contribution in [1.29, 1.82) is 0 Å². The molecule has 0 atom stereocenters. The first kappa shape index (κ1) is 14.6. The van der Waals surface area contributed by atoms with Gasteiger partial charge in [0.1, 0.15) is 0 Å². The summed E-state index contributed by atoms with van der Waals surface area (Å²) in [6, 6.07) is 7.02. The topological polar surface area (TPSA) is 121 Å². The number of carboxylic acid groups (broad SMARTS) is 1. The van der Waals surface area contributed by atoms with Crippen LogP contribution < -0.4 is 5.11 Å². The van der Waals surface area contributed by atoms with Gasteiger partial charge in [-0.1, -0.05) is 12.1 Å². The van der Waals surface area contributed by atoms with Crippen LogP contribution in [-0.4, -0.2) is 34.2 Å². The van der Waals surface area contributed by atoms with Crippen molar-refractivity contribution in [3.05, 3.63) is 51.6 Å². The monoisotopic (exact) mass is 313 g/mol. The summed E-state index contributed by atoms with van der Waals surface area (Å²) >= 11 is 0. The molecule has 2 amide bonds. The summed E-state index contributed by atoms with van der Waals surface area (Å²) in [5.41, 5.74) is -0.0414. The van der Waals surface area contributed by atoms with Gasteiger partial charge in [-0.15, -0.1) is 0 Å². The zero-order valence-corrected chi connectivity index (χ0v) is 11.6. The second kappa shape index (κ2) is 5.16. The molecule has 0 saturated heterocycles. The fraction of sp³-hybridized carbons (Fsp3) is 0.133. The summed E-state index contributed by atoms with van der Waals surface area (Å²) in [5.74, 6) is -2.76. The van der Waals surface area contributed by atoms with Gasteiger partial charge < -0.3 is 9.90 Å². The van der Waals surface area contributed by atoms with E-state index in [4.69, 9.17) is 0 Å². The van der Waals surface area contributed by atoms with Crippen LogP contribution in [-0.2, 0) is 4.79 Å². The second-order valence-electron chi connectivity index (χ2n) is 5.04. The summed E-state index contributed by atoms with van der Waals surface area (Å²) in [5, 5.41) is 22.4. The maximum atomic E-state index is 12.5. The van der Waals surface area contributed by atoms with Gasteiger partial charge in [-0.25, -0.2) is 0 Å². The minimum absolute atomic E-state index is 0.0164. The number of carbonyl (C=O) groups excluding carboxylic acids is 3. The summed E-state index contributed by atoms with van der Waals surface area (Å²) in [7, 11) is 0. The molecule has 0 bridgehead atoms. The van der Waals surface area contributed by atoms with Gasteiger partial charge in [-0.2, -0.15) is 0 Å². The first-order chi connectivity index (χ1) is 10.9. The molecular formula is C15H9N2O6-. The van der Waals surface area contributed by atoms with Crippen molar-refractivity contribution in [2.24, 2.45) is 0 Å². The molecule has 0 saturated carbocycles. The third kappa shape index (κ3) is 2.30. The molecule has 0 spiro atoms. The molecule has 1 heterocycles. The standard InChI is InChI=1S/C15H10N2O6/c18-12(19)4-5-16-14(20)10-3-1-2-8-6-9(17(22)23)7-11(13(8)10)15(16)21/h1-3,6-7H,4-5H2,(H,18,19)/p-1. The maximum absolute atomic E-state index is 12.5. The molecule has 3 rings (SSSR count). The van der Waals surface area contributed by atoms with Gasteiger partial charge in [0.2, 0.25) is 0 Å². The molecule has 0 aromatic heterocycles. The van der Waals surface area contributed by atoms with Crippen LogP contribution in [0.25, 0.3) is 10.8 Å². The fourth-order valence-electron chi connectivity index (χ4n) is 2.65. The Balaban J connectivity index is 2.21. The van der Waals surface area contributed by atoms with Crippen LogP contribution in [0, 0.1) is 10.1 Å². The molecule has 1 aliphatic heterocycles. The lowest BCUT2D eigenvalue weighted by atomic mass is 9.93. The molecule has 1 aliphatic rings. The van der Waals surface area contributed by atoms with E-state index in [1.165, 1.54) is 12.1 Å². The Morgan fingerprint density at radius 2 is 1.83 bits per heavy atom. The van der Waals surface area contributed by atoms with Gasteiger partial charge in [0.05, 0.1) is 10.5 Å². The average Bonchev–Trinajstić information content (AvgIpc) is 2.51. The van der Waals surface area contributed by atoms with Gasteiger partial charge in [0.15, 0.2) is 0 Å². The van der Waals surface area contributed by atoms with E-state index in [2.05, 4.69) is 0 Å². The van der Waals surface area contributed by atoms with Crippen molar-refractivity contribution in [3.8, 4) is 0 Å². The van der Waals surface area contributed by atoms with Crippen LogP contribution in [0.5, 0.6) is 0 Å². The molecule has 2 aromatic rings. The van der Waals surface area contributed by atoms with Crippen molar-refractivity contribution >= 4 is 34.2 Å². The van der Waals surface area contributed by atoms with Crippen LogP contribution in [0.4, 0.5) is 5.69 Å². The molecule has 8 nitrogen and oxygen atoms in total. The van der Waals surface area contributed by atoms with Crippen molar-refractivity contribution in [3.63, 3.8) is 0 Å². The number of nitro groups is 1. The van der Waals surface area contributed by atoms with E-state index in [1.807, 2.05) is 0 Å². The molecule has 0 fully saturated rings. The Labute approximate surface area is 129 Å². The lowest BCUT2D eigenvalue weighted by Gasteiger charge is -2.27. The molecule has 0 unspecified atom stereocenters. The van der Waals surface area contributed by atoms with Gasteiger partial charge in [0.25, 0.3) is 17.5 Å².